The molecule has 72 valence electrons. The van der Waals surface area contributed by atoms with Gasteiger partial charge in [-0.25, -0.2) is 4.90 Å². The first-order chi connectivity index (χ1) is 6.77. The fraction of sp³-hybridized carbons (Fsp3) is 0.100. The van der Waals surface area contributed by atoms with Crippen molar-refractivity contribution < 1.29 is 14.4 Å². The molecule has 0 radical (unpaired) electrons. The maximum Gasteiger partial charge on any atom is 0.240 e. The molecule has 0 heterocycles. The molecular weight excluding hydrogens is 182 g/mol. The van der Waals surface area contributed by atoms with Crippen molar-refractivity contribution in [3.63, 3.8) is 0 Å². The number of hydrogen-bond acceptors (Lipinski definition) is 3. The van der Waals surface area contributed by atoms with Gasteiger partial charge in [0.25, 0.3) is 0 Å². The van der Waals surface area contributed by atoms with Gasteiger partial charge in [0.05, 0.1) is 6.42 Å². The molecule has 0 aliphatic carbocycles. The van der Waals surface area contributed by atoms with E-state index in [0.29, 0.717) is 4.90 Å². The van der Waals surface area contributed by atoms with E-state index in [2.05, 4.69) is 0 Å². The average Bonchev–Trinajstić information content (AvgIpc) is 2.21. The van der Waals surface area contributed by atoms with E-state index in [1.54, 1.807) is 24.3 Å². The highest BCUT2D eigenvalue weighted by Gasteiger charge is 2.11. The Labute approximate surface area is 81.1 Å². The summed E-state index contributed by atoms with van der Waals surface area (Å²) < 4.78 is 0. The van der Waals surface area contributed by atoms with Crippen molar-refractivity contribution in [2.24, 2.45) is 0 Å². The third-order valence-corrected chi connectivity index (χ3v) is 1.71. The number of hydrogen-bond donors (Lipinski definition) is 0. The fourth-order valence-electron chi connectivity index (χ4n) is 1.00. The molecular formula is C10H9NO3. The van der Waals surface area contributed by atoms with Gasteiger partial charge in [-0.05, 0) is 5.56 Å². The largest absolute Gasteiger partial charge is 0.278 e. The van der Waals surface area contributed by atoms with Crippen LogP contribution in [0.3, 0.4) is 0 Å². The van der Waals surface area contributed by atoms with Gasteiger partial charge in [0.15, 0.2) is 0 Å². The summed E-state index contributed by atoms with van der Waals surface area (Å²) in [5, 5.41) is 0. The zero-order valence-corrected chi connectivity index (χ0v) is 7.42. The van der Waals surface area contributed by atoms with E-state index in [4.69, 9.17) is 0 Å². The lowest BCUT2D eigenvalue weighted by atomic mass is 10.1. The predicted octanol–water partition coefficient (Wildman–Crippen LogP) is 0.370. The predicted molar refractivity (Wildman–Crippen MR) is 49.1 cm³/mol. The normalized spacial score (nSPS) is 9.14. The monoisotopic (exact) mass is 191 g/mol. The second-order valence-electron chi connectivity index (χ2n) is 2.67. The standard InChI is InChI=1S/C10H9NO3/c12-7-11(8-13)10(14)6-9-4-2-1-3-5-9/h1-5,7-8H,6H2. The molecule has 3 amide bonds. The summed E-state index contributed by atoms with van der Waals surface area (Å²) in [4.78, 5) is 32.2. The Balaban J connectivity index is 2.65. The Kier molecular flexibility index (Phi) is 3.55. The number of benzene rings is 1. The third kappa shape index (κ3) is 2.52. The van der Waals surface area contributed by atoms with Crippen molar-refractivity contribution in [1.82, 2.24) is 4.90 Å². The van der Waals surface area contributed by atoms with Gasteiger partial charge in [0, 0.05) is 0 Å². The van der Waals surface area contributed by atoms with E-state index >= 15 is 0 Å². The molecule has 0 aliphatic heterocycles. The lowest BCUT2D eigenvalue weighted by Crippen LogP contribution is -2.29. The minimum absolute atomic E-state index is 0.0539. The second-order valence-corrected chi connectivity index (χ2v) is 2.67. The second kappa shape index (κ2) is 4.91. The molecule has 0 fully saturated rings. The Bertz CT molecular complexity index is 326. The minimum Gasteiger partial charge on any atom is -0.278 e. The summed E-state index contributed by atoms with van der Waals surface area (Å²) in [5.41, 5.74) is 0.770. The smallest absolute Gasteiger partial charge is 0.240 e. The molecule has 0 aromatic heterocycles. The van der Waals surface area contributed by atoms with E-state index in [1.807, 2.05) is 6.07 Å². The van der Waals surface area contributed by atoms with Crippen LogP contribution in [-0.2, 0) is 20.8 Å². The van der Waals surface area contributed by atoms with Crippen LogP contribution in [0.4, 0.5) is 0 Å². The Morgan fingerprint density at radius 3 is 2.21 bits per heavy atom. The molecule has 0 saturated carbocycles. The number of imide groups is 3. The number of nitrogens with zero attached hydrogens (tertiary/aromatic N) is 1. The van der Waals surface area contributed by atoms with Crippen molar-refractivity contribution in [3.05, 3.63) is 35.9 Å². The van der Waals surface area contributed by atoms with Crippen molar-refractivity contribution in [1.29, 1.82) is 0 Å². The number of carbonyl (C=O) groups is 3. The zero-order chi connectivity index (χ0) is 10.4. The van der Waals surface area contributed by atoms with Crippen molar-refractivity contribution in [2.45, 2.75) is 6.42 Å². The molecule has 0 saturated heterocycles. The van der Waals surface area contributed by atoms with E-state index in [1.165, 1.54) is 0 Å². The first-order valence-corrected chi connectivity index (χ1v) is 4.03. The van der Waals surface area contributed by atoms with Crippen molar-refractivity contribution >= 4 is 18.7 Å². The average molecular weight is 191 g/mol. The third-order valence-electron chi connectivity index (χ3n) is 1.71. The summed E-state index contributed by atoms with van der Waals surface area (Å²) in [6.45, 7) is 0. The molecule has 4 nitrogen and oxygen atoms in total. The Morgan fingerprint density at radius 1 is 1.14 bits per heavy atom. The van der Waals surface area contributed by atoms with E-state index in [9.17, 15) is 14.4 Å². The van der Waals surface area contributed by atoms with Crippen molar-refractivity contribution in [2.75, 3.05) is 0 Å². The van der Waals surface area contributed by atoms with E-state index < -0.39 is 5.91 Å². The van der Waals surface area contributed by atoms with Crippen molar-refractivity contribution in [3.8, 4) is 0 Å². The molecule has 4 heteroatoms. The van der Waals surface area contributed by atoms with Gasteiger partial charge in [-0.15, -0.1) is 0 Å². The highest BCUT2D eigenvalue weighted by atomic mass is 16.2. The lowest BCUT2D eigenvalue weighted by molar-refractivity contribution is -0.142. The van der Waals surface area contributed by atoms with Gasteiger partial charge >= 0.3 is 0 Å². The molecule has 1 aromatic carbocycles. The zero-order valence-electron chi connectivity index (χ0n) is 7.42. The van der Waals surface area contributed by atoms with Crippen LogP contribution in [0.2, 0.25) is 0 Å². The van der Waals surface area contributed by atoms with Gasteiger partial charge in [-0.2, -0.15) is 0 Å². The topological polar surface area (TPSA) is 54.5 Å². The van der Waals surface area contributed by atoms with Crippen LogP contribution in [0.15, 0.2) is 30.3 Å². The molecule has 0 unspecified atom stereocenters. The van der Waals surface area contributed by atoms with Gasteiger partial charge in [0.2, 0.25) is 18.7 Å². The van der Waals surface area contributed by atoms with Crippen LogP contribution >= 0.6 is 0 Å². The van der Waals surface area contributed by atoms with E-state index in [-0.39, 0.29) is 19.2 Å². The maximum absolute atomic E-state index is 11.2. The number of rotatable bonds is 4. The summed E-state index contributed by atoms with van der Waals surface area (Å²) in [6.07, 6.45) is 0.467. The summed E-state index contributed by atoms with van der Waals surface area (Å²) in [6, 6.07) is 8.91. The fourth-order valence-corrected chi connectivity index (χ4v) is 1.00. The van der Waals surface area contributed by atoms with Gasteiger partial charge in [0.1, 0.15) is 0 Å². The molecule has 0 bridgehead atoms. The number of amides is 3. The molecule has 0 spiro atoms. The molecule has 1 rings (SSSR count). The minimum atomic E-state index is -0.527. The van der Waals surface area contributed by atoms with Crippen LogP contribution in [-0.4, -0.2) is 23.6 Å². The molecule has 1 aromatic rings. The quantitative estimate of drug-likeness (QED) is 0.646. The van der Waals surface area contributed by atoms with Crippen LogP contribution in [0, 0.1) is 0 Å². The van der Waals surface area contributed by atoms with Crippen LogP contribution in [0.25, 0.3) is 0 Å². The maximum atomic E-state index is 11.2. The summed E-state index contributed by atoms with van der Waals surface area (Å²) >= 11 is 0. The van der Waals surface area contributed by atoms with Gasteiger partial charge in [-0.1, -0.05) is 30.3 Å². The highest BCUT2D eigenvalue weighted by molar-refractivity contribution is 5.97. The first kappa shape index (κ1) is 10.1. The first-order valence-electron chi connectivity index (χ1n) is 4.03. The highest BCUT2D eigenvalue weighted by Crippen LogP contribution is 2.00. The molecule has 0 aliphatic rings. The van der Waals surface area contributed by atoms with Crippen LogP contribution in [0.1, 0.15) is 5.56 Å². The Hall–Kier alpha value is -1.97. The van der Waals surface area contributed by atoms with Crippen LogP contribution in [0.5, 0.6) is 0 Å². The summed E-state index contributed by atoms with van der Waals surface area (Å²) in [7, 11) is 0. The molecule has 14 heavy (non-hydrogen) atoms. The number of carbonyl (C=O) groups excluding carboxylic acids is 3. The van der Waals surface area contributed by atoms with Gasteiger partial charge < -0.3 is 0 Å². The Morgan fingerprint density at radius 2 is 1.71 bits per heavy atom. The summed E-state index contributed by atoms with van der Waals surface area (Å²) in [5.74, 6) is -0.527. The van der Waals surface area contributed by atoms with Gasteiger partial charge in [-0.3, -0.25) is 14.4 Å². The molecule has 0 N–H and O–H groups in total. The lowest BCUT2D eigenvalue weighted by Gasteiger charge is -2.06. The SMILES string of the molecule is O=CN(C=O)C(=O)Cc1ccccc1. The van der Waals surface area contributed by atoms with E-state index in [0.717, 1.165) is 5.56 Å². The van der Waals surface area contributed by atoms with Crippen LogP contribution < -0.4 is 0 Å². The molecule has 0 atom stereocenters.